The quantitative estimate of drug-likeness (QED) is 0.803. The van der Waals surface area contributed by atoms with E-state index in [1.54, 1.807) is 0 Å². The lowest BCUT2D eigenvalue weighted by atomic mass is 9.66. The molecule has 0 aliphatic carbocycles. The van der Waals surface area contributed by atoms with Crippen LogP contribution in [-0.4, -0.2) is 48.1 Å². The predicted octanol–water partition coefficient (Wildman–Crippen LogP) is 3.05. The van der Waals surface area contributed by atoms with E-state index in [0.717, 1.165) is 37.0 Å². The number of anilines is 1. The Labute approximate surface area is 133 Å². The fourth-order valence-corrected chi connectivity index (χ4v) is 4.81. The zero-order chi connectivity index (χ0) is 15.1. The molecule has 2 saturated heterocycles. The van der Waals surface area contributed by atoms with E-state index < -0.39 is 0 Å². The van der Waals surface area contributed by atoms with E-state index in [0.29, 0.717) is 10.8 Å². The zero-order valence-corrected chi connectivity index (χ0v) is 14.0. The van der Waals surface area contributed by atoms with Gasteiger partial charge in [0.25, 0.3) is 0 Å². The van der Waals surface area contributed by atoms with Gasteiger partial charge in [-0.05, 0) is 48.6 Å². The molecule has 0 radical (unpaired) electrons. The molecule has 4 heteroatoms. The summed E-state index contributed by atoms with van der Waals surface area (Å²) in [4.78, 5) is 4.85. The Balaban J connectivity index is 1.73. The second-order valence-electron chi connectivity index (χ2n) is 7.62. The summed E-state index contributed by atoms with van der Waals surface area (Å²) >= 11 is 5.66. The molecule has 0 aromatic heterocycles. The van der Waals surface area contributed by atoms with Crippen LogP contribution in [0.15, 0.2) is 30.3 Å². The number of likely N-dealkylation sites (tertiary alicyclic amines) is 2. The predicted molar refractivity (Wildman–Crippen MR) is 92.6 cm³/mol. The Kier molecular flexibility index (Phi) is 3.70. The second kappa shape index (κ2) is 5.25. The minimum absolute atomic E-state index is 0.336. The van der Waals surface area contributed by atoms with Crippen molar-refractivity contribution in [1.29, 1.82) is 0 Å². The van der Waals surface area contributed by atoms with Crippen molar-refractivity contribution in [1.82, 2.24) is 9.80 Å². The van der Waals surface area contributed by atoms with Gasteiger partial charge in [-0.15, -0.1) is 0 Å². The van der Waals surface area contributed by atoms with E-state index in [1.165, 1.54) is 6.42 Å². The lowest BCUT2D eigenvalue weighted by Gasteiger charge is -2.56. The molecule has 2 aliphatic rings. The molecule has 21 heavy (non-hydrogen) atoms. The first-order valence-electron chi connectivity index (χ1n) is 7.67. The second-order valence-corrected chi connectivity index (χ2v) is 8.01. The van der Waals surface area contributed by atoms with Crippen LogP contribution in [0, 0.1) is 10.8 Å². The number of fused-ring (bicyclic) bond motifs is 2. The Hall–Kier alpha value is -1.13. The molecule has 1 aromatic carbocycles. The summed E-state index contributed by atoms with van der Waals surface area (Å²) < 4.78 is 0. The number of piperidine rings is 2. The molecule has 2 aliphatic heterocycles. The van der Waals surface area contributed by atoms with E-state index in [9.17, 15) is 0 Å². The number of hydrogen-bond donors (Lipinski definition) is 1. The molecule has 3 rings (SSSR count). The van der Waals surface area contributed by atoms with E-state index in [2.05, 4.69) is 48.1 Å². The van der Waals surface area contributed by atoms with Gasteiger partial charge in [-0.2, -0.15) is 0 Å². The lowest BCUT2D eigenvalue weighted by Crippen LogP contribution is -2.62. The summed E-state index contributed by atoms with van der Waals surface area (Å²) in [6.07, 6.45) is 1.30. The van der Waals surface area contributed by atoms with Gasteiger partial charge >= 0.3 is 0 Å². The third-order valence-corrected chi connectivity index (χ3v) is 4.97. The van der Waals surface area contributed by atoms with Crippen LogP contribution in [0.5, 0.6) is 0 Å². The van der Waals surface area contributed by atoms with Crippen molar-refractivity contribution >= 4 is 23.0 Å². The molecular formula is C17H25N3S. The first-order chi connectivity index (χ1) is 9.88. The number of para-hydroxylation sites is 1. The van der Waals surface area contributed by atoms with Crippen molar-refractivity contribution in [3.05, 3.63) is 30.3 Å². The molecule has 114 valence electrons. The van der Waals surface area contributed by atoms with E-state index >= 15 is 0 Å². The minimum Gasteiger partial charge on any atom is -0.348 e. The van der Waals surface area contributed by atoms with E-state index in [4.69, 9.17) is 12.2 Å². The molecule has 0 amide bonds. The minimum atomic E-state index is 0.336. The number of rotatable bonds is 1. The Bertz CT molecular complexity index is 512. The third-order valence-electron chi connectivity index (χ3n) is 4.61. The summed E-state index contributed by atoms with van der Waals surface area (Å²) in [6.45, 7) is 9.22. The highest BCUT2D eigenvalue weighted by Gasteiger charge is 2.47. The van der Waals surface area contributed by atoms with Crippen LogP contribution in [0.1, 0.15) is 20.3 Å². The highest BCUT2D eigenvalue weighted by Crippen LogP contribution is 2.45. The van der Waals surface area contributed by atoms with Crippen molar-refractivity contribution in [2.45, 2.75) is 20.3 Å². The molecule has 0 saturated carbocycles. The normalized spacial score (nSPS) is 32.8. The van der Waals surface area contributed by atoms with Crippen LogP contribution in [-0.2, 0) is 0 Å². The van der Waals surface area contributed by atoms with Crippen LogP contribution in [0.25, 0.3) is 0 Å². The number of benzene rings is 1. The van der Waals surface area contributed by atoms with Crippen LogP contribution >= 0.6 is 12.2 Å². The maximum absolute atomic E-state index is 5.66. The molecule has 1 N–H and O–H groups in total. The standard InChI is InChI=1S/C17H25N3S/c1-16-9-17(2,11-19(3)10-16)13-20(12-16)15(21)18-14-7-5-4-6-8-14/h4-8H,9-13H2,1-3H3,(H,18,21)/t16-,17+. The van der Waals surface area contributed by atoms with Crippen molar-refractivity contribution in [3.63, 3.8) is 0 Å². The Morgan fingerprint density at radius 1 is 1.05 bits per heavy atom. The molecule has 2 atom stereocenters. The first kappa shape index (κ1) is 14.8. The average Bonchev–Trinajstić information content (AvgIpc) is 2.36. The molecular weight excluding hydrogens is 278 g/mol. The van der Waals surface area contributed by atoms with Gasteiger partial charge in [-0.3, -0.25) is 0 Å². The van der Waals surface area contributed by atoms with Gasteiger partial charge in [0.05, 0.1) is 0 Å². The number of hydrogen-bond acceptors (Lipinski definition) is 2. The molecule has 2 bridgehead atoms. The van der Waals surface area contributed by atoms with Gasteiger partial charge in [0.1, 0.15) is 0 Å². The van der Waals surface area contributed by atoms with Crippen molar-refractivity contribution in [2.75, 3.05) is 38.5 Å². The first-order valence-corrected chi connectivity index (χ1v) is 8.08. The SMILES string of the molecule is CN1C[C@@]2(C)CN(C(=S)Nc3ccccc3)C[C@@](C)(C1)C2. The monoisotopic (exact) mass is 303 g/mol. The highest BCUT2D eigenvalue weighted by atomic mass is 32.1. The summed E-state index contributed by atoms with van der Waals surface area (Å²) in [5.41, 5.74) is 1.75. The third kappa shape index (κ3) is 3.22. The lowest BCUT2D eigenvalue weighted by molar-refractivity contribution is -0.0424. The zero-order valence-electron chi connectivity index (χ0n) is 13.2. The van der Waals surface area contributed by atoms with Gasteiger partial charge in [-0.25, -0.2) is 0 Å². The van der Waals surface area contributed by atoms with Crippen molar-refractivity contribution in [2.24, 2.45) is 10.8 Å². The summed E-state index contributed by atoms with van der Waals surface area (Å²) in [5.74, 6) is 0. The summed E-state index contributed by atoms with van der Waals surface area (Å²) in [5, 5.41) is 4.25. The van der Waals surface area contributed by atoms with Crippen molar-refractivity contribution in [3.8, 4) is 0 Å². The van der Waals surface area contributed by atoms with Gasteiger partial charge in [0.2, 0.25) is 0 Å². The average molecular weight is 303 g/mol. The van der Waals surface area contributed by atoms with Crippen LogP contribution in [0.2, 0.25) is 0 Å². The van der Waals surface area contributed by atoms with Gasteiger partial charge in [0.15, 0.2) is 5.11 Å². The molecule has 1 aromatic rings. The maximum atomic E-state index is 5.66. The topological polar surface area (TPSA) is 18.5 Å². The van der Waals surface area contributed by atoms with E-state index in [-0.39, 0.29) is 0 Å². The van der Waals surface area contributed by atoms with Gasteiger partial charge in [0, 0.05) is 31.9 Å². The Morgan fingerprint density at radius 2 is 1.62 bits per heavy atom. The molecule has 0 spiro atoms. The van der Waals surface area contributed by atoms with E-state index in [1.807, 2.05) is 18.2 Å². The van der Waals surface area contributed by atoms with Crippen LogP contribution < -0.4 is 5.32 Å². The largest absolute Gasteiger partial charge is 0.348 e. The molecule has 2 fully saturated rings. The fourth-order valence-electron chi connectivity index (χ4n) is 4.56. The fraction of sp³-hybridized carbons (Fsp3) is 0.588. The molecule has 0 unspecified atom stereocenters. The smallest absolute Gasteiger partial charge is 0.173 e. The van der Waals surface area contributed by atoms with Crippen LogP contribution in [0.4, 0.5) is 5.69 Å². The summed E-state index contributed by atoms with van der Waals surface area (Å²) in [7, 11) is 2.24. The van der Waals surface area contributed by atoms with Gasteiger partial charge < -0.3 is 15.1 Å². The maximum Gasteiger partial charge on any atom is 0.173 e. The summed E-state index contributed by atoms with van der Waals surface area (Å²) in [6, 6.07) is 10.2. The van der Waals surface area contributed by atoms with Gasteiger partial charge in [-0.1, -0.05) is 32.0 Å². The number of nitrogens with zero attached hydrogens (tertiary/aromatic N) is 2. The Morgan fingerprint density at radius 3 is 2.19 bits per heavy atom. The molecule has 3 nitrogen and oxygen atoms in total. The molecule has 2 heterocycles. The van der Waals surface area contributed by atoms with Crippen LogP contribution in [0.3, 0.4) is 0 Å². The van der Waals surface area contributed by atoms with Crippen molar-refractivity contribution < 1.29 is 0 Å². The highest BCUT2D eigenvalue weighted by molar-refractivity contribution is 7.80. The number of nitrogens with one attached hydrogen (secondary N) is 1. The number of thiocarbonyl (C=S) groups is 1.